The number of carbonyl (C=O) groups is 2. The van der Waals surface area contributed by atoms with Crippen LogP contribution in [0, 0.1) is 11.3 Å². The molecule has 2 aromatic rings. The zero-order valence-corrected chi connectivity index (χ0v) is 20.4. The molecule has 172 valence electrons. The lowest BCUT2D eigenvalue weighted by molar-refractivity contribution is -0.128. The third-order valence-corrected chi connectivity index (χ3v) is 7.41. The van der Waals surface area contributed by atoms with Gasteiger partial charge >= 0.3 is 0 Å². The lowest BCUT2D eigenvalue weighted by Gasteiger charge is -2.36. The number of benzene rings is 2. The Balaban J connectivity index is 1.69. The first-order valence-electron chi connectivity index (χ1n) is 11.4. The third kappa shape index (κ3) is 6.76. The predicted molar refractivity (Wildman–Crippen MR) is 132 cm³/mol. The van der Waals surface area contributed by atoms with Crippen molar-refractivity contribution in [3.63, 3.8) is 0 Å². The Bertz CT molecular complexity index is 897. The van der Waals surface area contributed by atoms with Crippen molar-refractivity contribution >= 4 is 40.1 Å². The van der Waals surface area contributed by atoms with Gasteiger partial charge in [0, 0.05) is 10.3 Å². The van der Waals surface area contributed by atoms with Gasteiger partial charge in [-0.1, -0.05) is 75.0 Å². The number of halogens is 1. The molecule has 0 spiro atoms. The lowest BCUT2D eigenvalue weighted by atomic mass is 9.69. The molecule has 1 aliphatic carbocycles. The van der Waals surface area contributed by atoms with Gasteiger partial charge in [-0.05, 0) is 67.6 Å². The molecule has 0 aliphatic heterocycles. The summed E-state index contributed by atoms with van der Waals surface area (Å²) in [4.78, 5) is 26.8. The highest BCUT2D eigenvalue weighted by molar-refractivity contribution is 8.14. The Morgan fingerprint density at radius 2 is 1.69 bits per heavy atom. The van der Waals surface area contributed by atoms with Crippen molar-refractivity contribution in [2.45, 2.75) is 69.3 Å². The smallest absolute Gasteiger partial charge is 0.249 e. The molecule has 4 nitrogen and oxygen atoms in total. The zero-order valence-electron chi connectivity index (χ0n) is 18.8. The average Bonchev–Trinajstić information content (AvgIpc) is 2.80. The summed E-state index contributed by atoms with van der Waals surface area (Å²) in [6.45, 7) is 4.40. The molecule has 1 aliphatic rings. The Labute approximate surface area is 200 Å². The third-order valence-electron chi connectivity index (χ3n) is 6.01. The minimum atomic E-state index is -1.12. The fourth-order valence-corrected chi connectivity index (χ4v) is 5.09. The maximum absolute atomic E-state index is 13.5. The van der Waals surface area contributed by atoms with E-state index in [2.05, 4.69) is 19.2 Å². The van der Waals surface area contributed by atoms with Crippen LogP contribution in [-0.2, 0) is 9.59 Å². The molecule has 32 heavy (non-hydrogen) atoms. The van der Waals surface area contributed by atoms with E-state index in [4.69, 9.17) is 16.3 Å². The van der Waals surface area contributed by atoms with E-state index in [0.717, 1.165) is 50.3 Å². The summed E-state index contributed by atoms with van der Waals surface area (Å²) in [5.74, 6) is 1.17. The second kappa shape index (κ2) is 11.8. The Kier molecular flexibility index (Phi) is 9.06. The average molecular weight is 474 g/mol. The molecule has 1 unspecified atom stereocenters. The number of hydrogen-bond donors (Lipinski definition) is 1. The van der Waals surface area contributed by atoms with Crippen molar-refractivity contribution < 1.29 is 14.3 Å². The highest BCUT2D eigenvalue weighted by atomic mass is 35.5. The van der Waals surface area contributed by atoms with Crippen LogP contribution < -0.4 is 10.1 Å². The van der Waals surface area contributed by atoms with Crippen LogP contribution >= 0.6 is 23.4 Å². The number of thioether (sulfide) groups is 1. The van der Waals surface area contributed by atoms with Crippen molar-refractivity contribution in [2.24, 2.45) is 11.3 Å². The highest BCUT2D eigenvalue weighted by Crippen LogP contribution is 2.42. The van der Waals surface area contributed by atoms with Gasteiger partial charge in [0.25, 0.3) is 0 Å². The minimum absolute atomic E-state index is 0.0707. The van der Waals surface area contributed by atoms with E-state index in [-0.39, 0.29) is 16.4 Å². The largest absolute Gasteiger partial charge is 0.466 e. The van der Waals surface area contributed by atoms with Crippen LogP contribution in [0.1, 0.15) is 58.8 Å². The number of carbonyl (C=O) groups excluding carboxylic acids is 2. The van der Waals surface area contributed by atoms with Crippen LogP contribution in [0.2, 0.25) is 0 Å². The Hall–Kier alpha value is -1.98. The number of para-hydroxylation sites is 2. The Morgan fingerprint density at radius 3 is 2.38 bits per heavy atom. The number of hydrogen-bond acceptors (Lipinski definition) is 4. The Morgan fingerprint density at radius 1 is 1.03 bits per heavy atom. The van der Waals surface area contributed by atoms with Crippen molar-refractivity contribution in [3.05, 3.63) is 54.6 Å². The lowest BCUT2D eigenvalue weighted by Crippen LogP contribution is -2.38. The van der Waals surface area contributed by atoms with Gasteiger partial charge in [-0.2, -0.15) is 0 Å². The number of anilines is 1. The van der Waals surface area contributed by atoms with Crippen LogP contribution in [0.5, 0.6) is 5.75 Å². The van der Waals surface area contributed by atoms with E-state index < -0.39 is 5.56 Å². The summed E-state index contributed by atoms with van der Waals surface area (Å²) in [5, 5.41) is 2.81. The first kappa shape index (κ1) is 24.7. The van der Waals surface area contributed by atoms with Gasteiger partial charge in [-0.25, -0.2) is 0 Å². The summed E-state index contributed by atoms with van der Waals surface area (Å²) < 4.78 is 5.54. The van der Waals surface area contributed by atoms with Gasteiger partial charge in [0.05, 0.1) is 5.69 Å². The van der Waals surface area contributed by atoms with Gasteiger partial charge in [0.1, 0.15) is 5.75 Å². The first-order valence-corrected chi connectivity index (χ1v) is 12.6. The van der Waals surface area contributed by atoms with Crippen molar-refractivity contribution in [2.75, 3.05) is 5.32 Å². The van der Waals surface area contributed by atoms with Gasteiger partial charge in [0.15, 0.2) is 0 Å². The van der Waals surface area contributed by atoms with E-state index in [9.17, 15) is 9.59 Å². The predicted octanol–water partition coefficient (Wildman–Crippen LogP) is 7.27. The number of rotatable bonds is 9. The molecule has 1 saturated carbocycles. The molecule has 2 aromatic carbocycles. The summed E-state index contributed by atoms with van der Waals surface area (Å²) in [6.07, 6.45) is 7.15. The van der Waals surface area contributed by atoms with Gasteiger partial charge < -0.3 is 10.1 Å². The number of ether oxygens (including phenoxy) is 1. The summed E-state index contributed by atoms with van der Waals surface area (Å²) >= 11 is 7.20. The SMILES string of the molecule is CC(C)CCC1(C(=O)Nc2ccccc2SC(=O)C(Cl)Oc2ccccc2)CCCCC1. The molecule has 1 fully saturated rings. The molecule has 0 radical (unpaired) electrons. The van der Waals surface area contributed by atoms with E-state index in [1.165, 1.54) is 6.42 Å². The number of nitrogens with one attached hydrogen (secondary N) is 1. The topological polar surface area (TPSA) is 55.4 Å². The van der Waals surface area contributed by atoms with E-state index in [1.807, 2.05) is 42.5 Å². The number of alkyl halides is 1. The van der Waals surface area contributed by atoms with Crippen molar-refractivity contribution in [3.8, 4) is 5.75 Å². The van der Waals surface area contributed by atoms with Gasteiger partial charge in [-0.15, -0.1) is 0 Å². The van der Waals surface area contributed by atoms with Crippen LogP contribution in [0.15, 0.2) is 59.5 Å². The molecule has 0 bridgehead atoms. The fourth-order valence-electron chi connectivity index (χ4n) is 4.12. The van der Waals surface area contributed by atoms with E-state index in [0.29, 0.717) is 22.3 Å². The fraction of sp³-hybridized carbons (Fsp3) is 0.462. The monoisotopic (exact) mass is 473 g/mol. The molecule has 1 atom stereocenters. The molecule has 3 rings (SSSR count). The molecule has 0 saturated heterocycles. The summed E-state index contributed by atoms with van der Waals surface area (Å²) in [5.41, 5.74) is -0.800. The molecular weight excluding hydrogens is 442 g/mol. The maximum Gasteiger partial charge on any atom is 0.249 e. The molecule has 0 aromatic heterocycles. The van der Waals surface area contributed by atoms with E-state index >= 15 is 0 Å². The number of amides is 1. The first-order chi connectivity index (χ1) is 15.4. The van der Waals surface area contributed by atoms with Crippen LogP contribution in [0.4, 0.5) is 5.69 Å². The standard InChI is InChI=1S/C26H32ClNO3S/c1-19(2)15-18-26(16-9-4-10-17-26)25(30)28-21-13-7-8-14-22(21)32-24(29)23(27)31-20-11-5-3-6-12-20/h3,5-8,11-14,19,23H,4,9-10,15-18H2,1-2H3,(H,28,30). The van der Waals surface area contributed by atoms with E-state index in [1.54, 1.807) is 12.1 Å². The molecule has 6 heteroatoms. The molecular formula is C26H32ClNO3S. The van der Waals surface area contributed by atoms with Crippen molar-refractivity contribution in [1.82, 2.24) is 0 Å². The molecule has 1 amide bonds. The second-order valence-corrected chi connectivity index (χ2v) is 10.3. The maximum atomic E-state index is 13.5. The van der Waals surface area contributed by atoms with Crippen LogP contribution in [0.3, 0.4) is 0 Å². The quantitative estimate of drug-likeness (QED) is 0.307. The molecule has 1 N–H and O–H groups in total. The van der Waals surface area contributed by atoms with Gasteiger partial charge in [-0.3, -0.25) is 9.59 Å². The molecule has 0 heterocycles. The van der Waals surface area contributed by atoms with Crippen LogP contribution in [0.25, 0.3) is 0 Å². The summed E-state index contributed by atoms with van der Waals surface area (Å²) in [6, 6.07) is 16.4. The second-order valence-electron chi connectivity index (χ2n) is 8.89. The highest BCUT2D eigenvalue weighted by Gasteiger charge is 2.39. The zero-order chi connectivity index (χ0) is 23.0. The van der Waals surface area contributed by atoms with Crippen LogP contribution in [-0.4, -0.2) is 16.6 Å². The normalized spacial score (nSPS) is 16.4. The van der Waals surface area contributed by atoms with Gasteiger partial charge in [0.2, 0.25) is 16.6 Å². The summed E-state index contributed by atoms with van der Waals surface area (Å²) in [7, 11) is 0. The minimum Gasteiger partial charge on any atom is -0.466 e. The van der Waals surface area contributed by atoms with Crippen molar-refractivity contribution in [1.29, 1.82) is 0 Å².